The number of carbonyl (C=O) groups excluding carboxylic acids is 1. The zero-order valence-corrected chi connectivity index (χ0v) is 13.7. The third-order valence-electron chi connectivity index (χ3n) is 3.19. The molecule has 5 heteroatoms. The molecule has 0 amide bonds. The van der Waals surface area contributed by atoms with Gasteiger partial charge in [0.1, 0.15) is 0 Å². The zero-order chi connectivity index (χ0) is 15.1. The van der Waals surface area contributed by atoms with Crippen molar-refractivity contribution in [3.05, 3.63) is 33.8 Å². The Balaban J connectivity index is 2.63. The third-order valence-corrected chi connectivity index (χ3v) is 4.01. The maximum atomic E-state index is 12.2. The predicted octanol–water partition coefficient (Wildman–Crippen LogP) is 3.92. The van der Waals surface area contributed by atoms with Gasteiger partial charge in [-0.05, 0) is 26.0 Å². The first-order valence-electron chi connectivity index (χ1n) is 6.67. The number of benzene rings is 1. The Morgan fingerprint density at radius 3 is 2.60 bits per heavy atom. The van der Waals surface area contributed by atoms with Crippen LogP contribution in [0.15, 0.2) is 18.2 Å². The molecule has 0 aromatic heterocycles. The fourth-order valence-electron chi connectivity index (χ4n) is 1.94. The van der Waals surface area contributed by atoms with Crippen molar-refractivity contribution >= 4 is 29.0 Å². The Morgan fingerprint density at radius 1 is 1.30 bits per heavy atom. The molecule has 0 aliphatic heterocycles. The summed E-state index contributed by atoms with van der Waals surface area (Å²) in [4.78, 5) is 14.4. The average Bonchev–Trinajstić information content (AvgIpc) is 2.41. The number of rotatable bonds is 8. The molecule has 0 spiro atoms. The molecule has 1 aromatic carbocycles. The van der Waals surface area contributed by atoms with Gasteiger partial charge in [0.05, 0.1) is 16.7 Å². The molecule has 112 valence electrons. The van der Waals surface area contributed by atoms with E-state index in [0.29, 0.717) is 41.2 Å². The van der Waals surface area contributed by atoms with E-state index in [9.17, 15) is 4.79 Å². The number of halogens is 2. The van der Waals surface area contributed by atoms with Crippen molar-refractivity contribution in [3.8, 4) is 0 Å². The molecule has 0 heterocycles. The lowest BCUT2D eigenvalue weighted by Gasteiger charge is -2.25. The van der Waals surface area contributed by atoms with Crippen LogP contribution in [-0.4, -0.2) is 43.5 Å². The fraction of sp³-hybridized carbons (Fsp3) is 0.533. The van der Waals surface area contributed by atoms with Crippen LogP contribution in [-0.2, 0) is 4.74 Å². The van der Waals surface area contributed by atoms with Crippen molar-refractivity contribution in [2.75, 3.05) is 26.8 Å². The smallest absolute Gasteiger partial charge is 0.165 e. The summed E-state index contributed by atoms with van der Waals surface area (Å²) in [7, 11) is 1.68. The Labute approximate surface area is 130 Å². The molecular weight excluding hydrogens is 297 g/mol. The Kier molecular flexibility index (Phi) is 7.52. The quantitative estimate of drug-likeness (QED) is 0.680. The molecule has 1 aromatic rings. The van der Waals surface area contributed by atoms with E-state index in [2.05, 4.69) is 18.7 Å². The number of hydrogen-bond donors (Lipinski definition) is 0. The van der Waals surface area contributed by atoms with E-state index in [1.807, 2.05) is 0 Å². The molecule has 0 bridgehead atoms. The van der Waals surface area contributed by atoms with Crippen LogP contribution in [0.2, 0.25) is 10.0 Å². The van der Waals surface area contributed by atoms with Crippen LogP contribution in [0.5, 0.6) is 0 Å². The maximum Gasteiger partial charge on any atom is 0.165 e. The van der Waals surface area contributed by atoms with E-state index in [-0.39, 0.29) is 5.78 Å². The number of Topliss-reactive ketones (excluding diaryl/α,β-unsaturated/α-hetero) is 1. The minimum atomic E-state index is 0.0144. The van der Waals surface area contributed by atoms with Crippen LogP contribution in [0.25, 0.3) is 0 Å². The van der Waals surface area contributed by atoms with Gasteiger partial charge in [-0.15, -0.1) is 0 Å². The molecule has 1 rings (SSSR count). The summed E-state index contributed by atoms with van der Waals surface area (Å²) < 4.78 is 5.08. The summed E-state index contributed by atoms with van der Waals surface area (Å²) in [5.74, 6) is 0.0144. The van der Waals surface area contributed by atoms with Gasteiger partial charge >= 0.3 is 0 Å². The molecular formula is C15H21Cl2NO2. The Hall–Kier alpha value is -0.610. The van der Waals surface area contributed by atoms with Crippen LogP contribution in [0.3, 0.4) is 0 Å². The van der Waals surface area contributed by atoms with Crippen molar-refractivity contribution < 1.29 is 9.53 Å². The number of methoxy groups -OCH3 is 1. The Bertz CT molecular complexity index is 449. The molecule has 0 unspecified atom stereocenters. The van der Waals surface area contributed by atoms with Gasteiger partial charge in [0, 0.05) is 38.2 Å². The molecule has 0 saturated carbocycles. The first-order valence-corrected chi connectivity index (χ1v) is 7.43. The van der Waals surface area contributed by atoms with Crippen LogP contribution >= 0.6 is 23.2 Å². The molecule has 0 saturated heterocycles. The molecule has 20 heavy (non-hydrogen) atoms. The maximum absolute atomic E-state index is 12.2. The molecule has 0 aliphatic carbocycles. The second-order valence-corrected chi connectivity index (χ2v) is 5.68. The summed E-state index contributed by atoms with van der Waals surface area (Å²) in [6.45, 7) is 6.36. The molecule has 3 nitrogen and oxygen atoms in total. The lowest BCUT2D eigenvalue weighted by molar-refractivity contribution is 0.0927. The highest BCUT2D eigenvalue weighted by atomic mass is 35.5. The first kappa shape index (κ1) is 17.4. The van der Waals surface area contributed by atoms with Gasteiger partial charge < -0.3 is 4.74 Å². The van der Waals surface area contributed by atoms with Crippen LogP contribution in [0, 0.1) is 0 Å². The zero-order valence-electron chi connectivity index (χ0n) is 12.2. The van der Waals surface area contributed by atoms with Crippen molar-refractivity contribution in [2.24, 2.45) is 0 Å². The summed E-state index contributed by atoms with van der Waals surface area (Å²) in [6, 6.07) is 5.50. The van der Waals surface area contributed by atoms with Gasteiger partial charge in [-0.2, -0.15) is 0 Å². The van der Waals surface area contributed by atoms with Crippen molar-refractivity contribution in [2.45, 2.75) is 26.3 Å². The topological polar surface area (TPSA) is 29.5 Å². The minimum Gasteiger partial charge on any atom is -0.383 e. The second kappa shape index (κ2) is 8.63. The van der Waals surface area contributed by atoms with Crippen molar-refractivity contribution in [1.82, 2.24) is 4.90 Å². The highest BCUT2D eigenvalue weighted by Crippen LogP contribution is 2.26. The summed E-state index contributed by atoms with van der Waals surface area (Å²) in [5.41, 5.74) is 0.495. The number of ether oxygens (including phenoxy) is 1. The predicted molar refractivity (Wildman–Crippen MR) is 84.0 cm³/mol. The van der Waals surface area contributed by atoms with Gasteiger partial charge in [0.2, 0.25) is 0 Å². The highest BCUT2D eigenvalue weighted by molar-refractivity contribution is 6.43. The van der Waals surface area contributed by atoms with Gasteiger partial charge in [-0.25, -0.2) is 0 Å². The lowest BCUT2D eigenvalue weighted by atomic mass is 10.1. The van der Waals surface area contributed by atoms with E-state index in [4.69, 9.17) is 27.9 Å². The van der Waals surface area contributed by atoms with Gasteiger partial charge in [0.15, 0.2) is 5.78 Å². The van der Waals surface area contributed by atoms with Crippen molar-refractivity contribution in [1.29, 1.82) is 0 Å². The van der Waals surface area contributed by atoms with Crippen LogP contribution in [0.4, 0.5) is 0 Å². The molecule has 0 aliphatic rings. The average molecular weight is 318 g/mol. The Morgan fingerprint density at radius 2 is 2.00 bits per heavy atom. The third kappa shape index (κ3) is 5.06. The molecule has 0 fully saturated rings. The summed E-state index contributed by atoms with van der Waals surface area (Å²) in [6.07, 6.45) is 0.419. The normalized spacial score (nSPS) is 11.3. The van der Waals surface area contributed by atoms with E-state index in [1.54, 1.807) is 25.3 Å². The van der Waals surface area contributed by atoms with Gasteiger partial charge in [-0.1, -0.05) is 29.3 Å². The number of nitrogens with zero attached hydrogens (tertiary/aromatic N) is 1. The van der Waals surface area contributed by atoms with Crippen LogP contribution in [0.1, 0.15) is 30.6 Å². The SMILES string of the molecule is COCCN(CCC(=O)c1cccc(Cl)c1Cl)C(C)C. The summed E-state index contributed by atoms with van der Waals surface area (Å²) in [5, 5.41) is 0.754. The number of carbonyl (C=O) groups is 1. The van der Waals surface area contributed by atoms with Crippen molar-refractivity contribution in [3.63, 3.8) is 0 Å². The van der Waals surface area contributed by atoms with Gasteiger partial charge in [-0.3, -0.25) is 9.69 Å². The lowest BCUT2D eigenvalue weighted by Crippen LogP contribution is -2.35. The van der Waals surface area contributed by atoms with Crippen LogP contribution < -0.4 is 0 Å². The highest BCUT2D eigenvalue weighted by Gasteiger charge is 2.15. The van der Waals surface area contributed by atoms with E-state index < -0.39 is 0 Å². The fourth-order valence-corrected chi connectivity index (χ4v) is 2.34. The number of ketones is 1. The second-order valence-electron chi connectivity index (χ2n) is 4.90. The summed E-state index contributed by atoms with van der Waals surface area (Å²) >= 11 is 12.0. The van der Waals surface area contributed by atoms with Gasteiger partial charge in [0.25, 0.3) is 0 Å². The first-order chi connectivity index (χ1) is 9.47. The molecule has 0 radical (unpaired) electrons. The monoisotopic (exact) mass is 317 g/mol. The van der Waals surface area contributed by atoms with E-state index in [0.717, 1.165) is 6.54 Å². The minimum absolute atomic E-state index is 0.0144. The van der Waals surface area contributed by atoms with E-state index >= 15 is 0 Å². The van der Waals surface area contributed by atoms with E-state index in [1.165, 1.54) is 0 Å². The standard InChI is InChI=1S/C15H21Cl2NO2/c1-11(2)18(9-10-20-3)8-7-14(19)12-5-4-6-13(16)15(12)17/h4-6,11H,7-10H2,1-3H3. The molecule has 0 atom stereocenters. The largest absolute Gasteiger partial charge is 0.383 e. The number of hydrogen-bond acceptors (Lipinski definition) is 3. The molecule has 0 N–H and O–H groups in total.